The highest BCUT2D eigenvalue weighted by atomic mass is 19.1. The molecule has 0 bridgehead atoms. The van der Waals surface area contributed by atoms with Crippen LogP contribution in [0.25, 0.3) is 11.3 Å². The first kappa shape index (κ1) is 24.9. The zero-order valence-corrected chi connectivity index (χ0v) is 20.5. The Kier molecular flexibility index (Phi) is 8.28. The SMILES string of the molecule is O[C@@H](Cc1ccccc1)CN(Cc1c(-c2ccc(F)cc2)noc1N1CCOCC1)C[C@@H]1CCCO1. The van der Waals surface area contributed by atoms with Crippen LogP contribution < -0.4 is 4.90 Å². The number of aliphatic hydroxyl groups excluding tert-OH is 1. The Labute approximate surface area is 211 Å². The summed E-state index contributed by atoms with van der Waals surface area (Å²) in [5, 5.41) is 15.4. The molecule has 0 amide bonds. The van der Waals surface area contributed by atoms with Crippen molar-refractivity contribution < 1.29 is 23.5 Å². The van der Waals surface area contributed by atoms with Gasteiger partial charge in [-0.1, -0.05) is 35.5 Å². The van der Waals surface area contributed by atoms with E-state index in [1.807, 2.05) is 30.3 Å². The minimum Gasteiger partial charge on any atom is -0.391 e. The molecule has 3 aromatic rings. The molecule has 5 rings (SSSR count). The number of hydrogen-bond acceptors (Lipinski definition) is 7. The van der Waals surface area contributed by atoms with Crippen molar-refractivity contribution in [2.24, 2.45) is 0 Å². The van der Waals surface area contributed by atoms with Gasteiger partial charge in [0.1, 0.15) is 11.5 Å². The summed E-state index contributed by atoms with van der Waals surface area (Å²) in [6, 6.07) is 16.4. The summed E-state index contributed by atoms with van der Waals surface area (Å²) in [5.74, 6) is 0.425. The highest BCUT2D eigenvalue weighted by molar-refractivity contribution is 5.68. The summed E-state index contributed by atoms with van der Waals surface area (Å²) in [6.07, 6.45) is 2.24. The molecule has 2 saturated heterocycles. The molecule has 0 spiro atoms. The Morgan fingerprint density at radius 3 is 2.56 bits per heavy atom. The van der Waals surface area contributed by atoms with Crippen LogP contribution in [0.5, 0.6) is 0 Å². The molecule has 2 aliphatic rings. The molecule has 7 nitrogen and oxygen atoms in total. The molecule has 3 heterocycles. The van der Waals surface area contributed by atoms with Crippen LogP contribution in [0.2, 0.25) is 0 Å². The van der Waals surface area contributed by atoms with Gasteiger partial charge in [0, 0.05) is 44.9 Å². The van der Waals surface area contributed by atoms with Gasteiger partial charge in [0.2, 0.25) is 5.88 Å². The van der Waals surface area contributed by atoms with Gasteiger partial charge < -0.3 is 24.0 Å². The van der Waals surface area contributed by atoms with Gasteiger partial charge >= 0.3 is 0 Å². The molecule has 0 aliphatic carbocycles. The maximum Gasteiger partial charge on any atom is 0.232 e. The van der Waals surface area contributed by atoms with E-state index in [1.165, 1.54) is 12.1 Å². The molecule has 2 aliphatic heterocycles. The fraction of sp³-hybridized carbons (Fsp3) is 0.464. The standard InChI is InChI=1S/C28H34FN3O4/c29-23-10-8-22(9-11-23)27-26(28(36-30-27)32-12-15-34-16-13-32)20-31(19-25-7-4-14-35-25)18-24(33)17-21-5-2-1-3-6-21/h1-3,5-6,8-11,24-25,33H,4,7,12-20H2/t24-,25-/m0/s1. The van der Waals surface area contributed by atoms with Crippen LogP contribution in [0, 0.1) is 5.82 Å². The van der Waals surface area contributed by atoms with Crippen molar-refractivity contribution in [1.82, 2.24) is 10.1 Å². The van der Waals surface area contributed by atoms with E-state index in [0.29, 0.717) is 63.9 Å². The second-order valence-corrected chi connectivity index (χ2v) is 9.59. The maximum atomic E-state index is 13.6. The van der Waals surface area contributed by atoms with E-state index in [-0.39, 0.29) is 11.9 Å². The Morgan fingerprint density at radius 2 is 1.83 bits per heavy atom. The van der Waals surface area contributed by atoms with Gasteiger partial charge in [-0.3, -0.25) is 4.90 Å². The summed E-state index contributed by atoms with van der Waals surface area (Å²) in [6.45, 7) is 5.20. The maximum absolute atomic E-state index is 13.6. The lowest BCUT2D eigenvalue weighted by molar-refractivity contribution is 0.0464. The molecule has 0 unspecified atom stereocenters. The number of morpholine rings is 1. The van der Waals surface area contributed by atoms with Gasteiger partial charge in [0.25, 0.3) is 0 Å². The Balaban J connectivity index is 1.42. The molecule has 2 atom stereocenters. The van der Waals surface area contributed by atoms with Crippen molar-refractivity contribution in [3.63, 3.8) is 0 Å². The van der Waals surface area contributed by atoms with E-state index in [4.69, 9.17) is 14.0 Å². The summed E-state index contributed by atoms with van der Waals surface area (Å²) in [7, 11) is 0. The normalized spacial score (nSPS) is 19.2. The largest absolute Gasteiger partial charge is 0.391 e. The van der Waals surface area contributed by atoms with E-state index in [2.05, 4.69) is 15.0 Å². The second kappa shape index (κ2) is 12.0. The molecule has 1 aromatic heterocycles. The zero-order valence-electron chi connectivity index (χ0n) is 20.5. The van der Waals surface area contributed by atoms with Crippen LogP contribution in [0.4, 0.5) is 10.3 Å². The van der Waals surface area contributed by atoms with E-state index >= 15 is 0 Å². The molecule has 8 heteroatoms. The quantitative estimate of drug-likeness (QED) is 0.457. The van der Waals surface area contributed by atoms with E-state index in [9.17, 15) is 9.50 Å². The smallest absolute Gasteiger partial charge is 0.232 e. The molecular weight excluding hydrogens is 461 g/mol. The highest BCUT2D eigenvalue weighted by Crippen LogP contribution is 2.33. The van der Waals surface area contributed by atoms with Crippen molar-refractivity contribution >= 4 is 5.88 Å². The zero-order chi connectivity index (χ0) is 24.7. The first-order valence-electron chi connectivity index (χ1n) is 12.8. The van der Waals surface area contributed by atoms with E-state index in [0.717, 1.165) is 36.1 Å². The predicted octanol–water partition coefficient (Wildman–Crippen LogP) is 3.90. The van der Waals surface area contributed by atoms with Gasteiger partial charge in [-0.2, -0.15) is 0 Å². The van der Waals surface area contributed by atoms with Gasteiger partial charge in [-0.15, -0.1) is 0 Å². The third-order valence-corrected chi connectivity index (χ3v) is 6.83. The summed E-state index contributed by atoms with van der Waals surface area (Å²) < 4.78 is 31.0. The van der Waals surface area contributed by atoms with E-state index < -0.39 is 6.10 Å². The number of ether oxygens (including phenoxy) is 2. The number of anilines is 1. The first-order chi connectivity index (χ1) is 17.7. The summed E-state index contributed by atoms with van der Waals surface area (Å²) >= 11 is 0. The Bertz CT molecular complexity index is 1080. The predicted molar refractivity (Wildman–Crippen MR) is 135 cm³/mol. The van der Waals surface area contributed by atoms with Crippen LogP contribution in [0.3, 0.4) is 0 Å². The number of benzene rings is 2. The van der Waals surface area contributed by atoms with Crippen molar-refractivity contribution in [3.8, 4) is 11.3 Å². The summed E-state index contributed by atoms with van der Waals surface area (Å²) in [4.78, 5) is 4.40. The van der Waals surface area contributed by atoms with Crippen LogP contribution in [-0.2, 0) is 22.4 Å². The number of nitrogens with zero attached hydrogens (tertiary/aromatic N) is 3. The lowest BCUT2D eigenvalue weighted by atomic mass is 10.0. The first-order valence-corrected chi connectivity index (χ1v) is 12.8. The molecule has 1 N–H and O–H groups in total. The minimum absolute atomic E-state index is 0.134. The summed E-state index contributed by atoms with van der Waals surface area (Å²) in [5.41, 5.74) is 3.55. The molecule has 2 aromatic carbocycles. The van der Waals surface area contributed by atoms with E-state index in [1.54, 1.807) is 12.1 Å². The van der Waals surface area contributed by atoms with Gasteiger partial charge in [-0.25, -0.2) is 4.39 Å². The molecule has 192 valence electrons. The Morgan fingerprint density at radius 1 is 1.06 bits per heavy atom. The third kappa shape index (κ3) is 6.31. The number of aromatic nitrogens is 1. The van der Waals surface area contributed by atoms with Crippen LogP contribution in [0.15, 0.2) is 59.1 Å². The highest BCUT2D eigenvalue weighted by Gasteiger charge is 2.28. The lowest BCUT2D eigenvalue weighted by Gasteiger charge is -2.30. The lowest BCUT2D eigenvalue weighted by Crippen LogP contribution is -2.39. The van der Waals surface area contributed by atoms with Gasteiger partial charge in [0.15, 0.2) is 0 Å². The molecule has 0 radical (unpaired) electrons. The molecule has 2 fully saturated rings. The molecular formula is C28H34FN3O4. The molecule has 0 saturated carbocycles. The minimum atomic E-state index is -0.533. The fourth-order valence-electron chi connectivity index (χ4n) is 5.04. The van der Waals surface area contributed by atoms with Crippen molar-refractivity contribution in [2.75, 3.05) is 50.9 Å². The number of rotatable bonds is 10. The van der Waals surface area contributed by atoms with Gasteiger partial charge in [-0.05, 0) is 49.1 Å². The van der Waals surface area contributed by atoms with Gasteiger partial charge in [0.05, 0.1) is 31.0 Å². The Hall–Kier alpha value is -2.78. The average molecular weight is 496 g/mol. The second-order valence-electron chi connectivity index (χ2n) is 9.59. The average Bonchev–Trinajstić information content (AvgIpc) is 3.56. The third-order valence-electron chi connectivity index (χ3n) is 6.83. The number of hydrogen-bond donors (Lipinski definition) is 1. The van der Waals surface area contributed by atoms with Crippen LogP contribution in [0.1, 0.15) is 24.0 Å². The van der Waals surface area contributed by atoms with Crippen LogP contribution in [-0.4, -0.2) is 73.4 Å². The number of halogens is 1. The monoisotopic (exact) mass is 495 g/mol. The van der Waals surface area contributed by atoms with Crippen molar-refractivity contribution in [3.05, 3.63) is 71.5 Å². The fourth-order valence-corrected chi connectivity index (χ4v) is 5.04. The van der Waals surface area contributed by atoms with Crippen molar-refractivity contribution in [1.29, 1.82) is 0 Å². The molecule has 36 heavy (non-hydrogen) atoms. The number of aliphatic hydroxyl groups is 1. The van der Waals surface area contributed by atoms with Crippen molar-refractivity contribution in [2.45, 2.75) is 38.0 Å². The topological polar surface area (TPSA) is 71.2 Å². The van der Waals surface area contributed by atoms with Crippen LogP contribution >= 0.6 is 0 Å².